The van der Waals surface area contributed by atoms with Crippen molar-refractivity contribution in [2.24, 2.45) is 0 Å². The molecule has 0 aromatic heterocycles. The predicted octanol–water partition coefficient (Wildman–Crippen LogP) is 9.17. The lowest BCUT2D eigenvalue weighted by Gasteiger charge is -2.29. The van der Waals surface area contributed by atoms with Crippen molar-refractivity contribution >= 4 is 47.5 Å². The lowest BCUT2D eigenvalue weighted by Crippen LogP contribution is -2.29. The zero-order valence-electron chi connectivity index (χ0n) is 29.6. The first-order valence-corrected chi connectivity index (χ1v) is 20.1. The Balaban J connectivity index is 1.61. The third kappa shape index (κ3) is 6.78. The molecular formula is C44H40O5P2. The fourth-order valence-electron chi connectivity index (χ4n) is 7.06. The molecule has 0 fully saturated rings. The van der Waals surface area contributed by atoms with Gasteiger partial charge in [0, 0.05) is 32.9 Å². The average Bonchev–Trinajstić information content (AvgIpc) is 3.11. The van der Waals surface area contributed by atoms with Crippen molar-refractivity contribution in [2.45, 2.75) is 41.5 Å². The highest BCUT2D eigenvalue weighted by atomic mass is 31.2. The standard InChI is InChI=1S/C44H40O5P2/c1-29-25-31(3)41(32(4)26-29)43(45)37-21-13-15-23-39(37)50(47,35-17-9-7-10-18-35)49-51(48,36-19-11-8-12-20-36)40-24-16-14-22-38(40)44(46)42-33(5)27-30(2)28-34(42)6/h7-28H,1-6H3. The number of hydrogen-bond acceptors (Lipinski definition) is 5. The van der Waals surface area contributed by atoms with Crippen molar-refractivity contribution in [3.05, 3.63) is 189 Å². The smallest absolute Gasteiger partial charge is 0.267 e. The van der Waals surface area contributed by atoms with Crippen LogP contribution >= 0.6 is 14.7 Å². The molecule has 0 saturated carbocycles. The highest BCUT2D eigenvalue weighted by Crippen LogP contribution is 2.62. The van der Waals surface area contributed by atoms with Crippen LogP contribution in [0.4, 0.5) is 0 Å². The molecule has 6 aromatic carbocycles. The second-order valence-electron chi connectivity index (χ2n) is 13.1. The first-order chi connectivity index (χ1) is 24.3. The topological polar surface area (TPSA) is 77.5 Å². The summed E-state index contributed by atoms with van der Waals surface area (Å²) in [5, 5.41) is 0.803. The summed E-state index contributed by atoms with van der Waals surface area (Å²) in [6.45, 7) is 11.5. The Morgan fingerprint density at radius 3 is 1.06 bits per heavy atom. The van der Waals surface area contributed by atoms with Crippen molar-refractivity contribution < 1.29 is 23.0 Å². The zero-order valence-corrected chi connectivity index (χ0v) is 31.4. The van der Waals surface area contributed by atoms with Gasteiger partial charge in [0.05, 0.1) is 10.6 Å². The van der Waals surface area contributed by atoms with E-state index in [2.05, 4.69) is 0 Å². The lowest BCUT2D eigenvalue weighted by molar-refractivity contribution is 0.103. The maximum atomic E-state index is 16.0. The predicted molar refractivity (Wildman–Crippen MR) is 209 cm³/mol. The van der Waals surface area contributed by atoms with Gasteiger partial charge in [0.1, 0.15) is 0 Å². The largest absolute Gasteiger partial charge is 0.289 e. The van der Waals surface area contributed by atoms with E-state index in [1.54, 1.807) is 109 Å². The second kappa shape index (κ2) is 14.4. The molecule has 0 spiro atoms. The van der Waals surface area contributed by atoms with Crippen molar-refractivity contribution in [3.8, 4) is 0 Å². The molecule has 6 aromatic rings. The van der Waals surface area contributed by atoms with Gasteiger partial charge in [0.15, 0.2) is 11.6 Å². The van der Waals surface area contributed by atoms with Crippen LogP contribution in [0.2, 0.25) is 0 Å². The SMILES string of the molecule is Cc1cc(C)c(C(=O)c2ccccc2P(=O)(OP(=O)(c2ccccc2)c2ccccc2C(=O)c2c(C)cc(C)cc2C)c2ccccc2)c(C)c1. The second-order valence-corrected chi connectivity index (χ2v) is 18.0. The molecule has 7 heteroatoms. The van der Waals surface area contributed by atoms with Gasteiger partial charge in [-0.1, -0.05) is 108 Å². The lowest BCUT2D eigenvalue weighted by atomic mass is 9.93. The van der Waals surface area contributed by atoms with E-state index in [1.165, 1.54) is 0 Å². The summed E-state index contributed by atoms with van der Waals surface area (Å²) < 4.78 is 38.8. The van der Waals surface area contributed by atoms with Crippen molar-refractivity contribution in [1.82, 2.24) is 0 Å². The molecule has 0 saturated heterocycles. The fourth-order valence-corrected chi connectivity index (χ4v) is 13.1. The quantitative estimate of drug-likeness (QED) is 0.105. The molecule has 0 aliphatic rings. The number of aryl methyl sites for hydroxylation is 6. The van der Waals surface area contributed by atoms with Crippen molar-refractivity contribution in [3.63, 3.8) is 0 Å². The molecule has 0 heterocycles. The number of benzene rings is 6. The molecule has 5 nitrogen and oxygen atoms in total. The number of carbonyl (C=O) groups is 2. The molecule has 0 aliphatic carbocycles. The Morgan fingerprint density at radius 2 is 0.725 bits per heavy atom. The normalized spacial score (nSPS) is 13.6. The molecule has 2 unspecified atom stereocenters. The van der Waals surface area contributed by atoms with E-state index < -0.39 is 14.7 Å². The van der Waals surface area contributed by atoms with Gasteiger partial charge >= 0.3 is 0 Å². The van der Waals surface area contributed by atoms with E-state index in [0.29, 0.717) is 11.1 Å². The van der Waals surface area contributed by atoms with Crippen LogP contribution in [0.15, 0.2) is 133 Å². The number of hydrogen-bond donors (Lipinski definition) is 0. The zero-order chi connectivity index (χ0) is 36.5. The monoisotopic (exact) mass is 710 g/mol. The number of rotatable bonds is 10. The molecule has 0 aliphatic heterocycles. The first-order valence-electron chi connectivity index (χ1n) is 16.8. The summed E-state index contributed by atoms with van der Waals surface area (Å²) in [5.41, 5.74) is 6.65. The van der Waals surface area contributed by atoms with Crippen LogP contribution in [0.3, 0.4) is 0 Å². The van der Waals surface area contributed by atoms with Crippen LogP contribution in [-0.2, 0) is 13.4 Å². The van der Waals surface area contributed by atoms with Gasteiger partial charge in [0.25, 0.3) is 14.7 Å². The Labute approximate surface area is 300 Å². The molecule has 6 rings (SSSR count). The maximum absolute atomic E-state index is 16.0. The van der Waals surface area contributed by atoms with E-state index in [9.17, 15) is 9.59 Å². The van der Waals surface area contributed by atoms with Crippen molar-refractivity contribution in [1.29, 1.82) is 0 Å². The summed E-state index contributed by atoms with van der Waals surface area (Å²) in [6, 6.07) is 38.3. The molecule has 0 amide bonds. The Morgan fingerprint density at radius 1 is 0.431 bits per heavy atom. The van der Waals surface area contributed by atoms with Crippen molar-refractivity contribution in [2.75, 3.05) is 0 Å². The Hall–Kier alpha value is -4.92. The van der Waals surface area contributed by atoms with Gasteiger partial charge < -0.3 is 0 Å². The fraction of sp³-hybridized carbons (Fsp3) is 0.136. The Kier molecular flexibility index (Phi) is 10.1. The van der Waals surface area contributed by atoms with Gasteiger partial charge in [-0.15, -0.1) is 0 Å². The van der Waals surface area contributed by atoms with Gasteiger partial charge in [-0.25, -0.2) is 0 Å². The van der Waals surface area contributed by atoms with Gasteiger partial charge in [-0.3, -0.25) is 23.0 Å². The highest BCUT2D eigenvalue weighted by molar-refractivity contribution is 7.86. The molecule has 51 heavy (non-hydrogen) atoms. The first kappa shape index (κ1) is 35.9. The van der Waals surface area contributed by atoms with Crippen LogP contribution in [0.1, 0.15) is 65.2 Å². The Bertz CT molecular complexity index is 2180. The molecule has 2 atom stereocenters. The van der Waals surface area contributed by atoms with Crippen LogP contribution in [0.5, 0.6) is 0 Å². The van der Waals surface area contributed by atoms with Gasteiger partial charge in [-0.2, -0.15) is 0 Å². The van der Waals surface area contributed by atoms with Gasteiger partial charge in [-0.05, 0) is 100 Å². The van der Waals surface area contributed by atoms with E-state index in [4.69, 9.17) is 4.31 Å². The summed E-state index contributed by atoms with van der Waals surface area (Å²) in [6.07, 6.45) is 0. The highest BCUT2D eigenvalue weighted by Gasteiger charge is 2.44. The minimum Gasteiger partial charge on any atom is -0.289 e. The third-order valence-electron chi connectivity index (χ3n) is 9.16. The van der Waals surface area contributed by atoms with Crippen LogP contribution in [0.25, 0.3) is 0 Å². The summed E-state index contributed by atoms with van der Waals surface area (Å²) >= 11 is 0. The molecule has 256 valence electrons. The molecule has 0 radical (unpaired) electrons. The molecule has 0 bridgehead atoms. The van der Waals surface area contributed by atoms with Crippen LogP contribution in [0, 0.1) is 41.5 Å². The third-order valence-corrected chi connectivity index (χ3v) is 15.0. The van der Waals surface area contributed by atoms with E-state index in [0.717, 1.165) is 33.4 Å². The summed E-state index contributed by atoms with van der Waals surface area (Å²) in [5.74, 6) is -0.619. The number of carbonyl (C=O) groups excluding carboxylic acids is 2. The van der Waals surface area contributed by atoms with Crippen LogP contribution in [-0.4, -0.2) is 11.6 Å². The van der Waals surface area contributed by atoms with Crippen LogP contribution < -0.4 is 21.2 Å². The molecule has 0 N–H and O–H groups in total. The molecular weight excluding hydrogens is 670 g/mol. The number of ketones is 2. The van der Waals surface area contributed by atoms with Gasteiger partial charge in [0.2, 0.25) is 0 Å². The van der Waals surface area contributed by atoms with E-state index >= 15 is 9.13 Å². The van der Waals surface area contributed by atoms with E-state index in [-0.39, 0.29) is 43.9 Å². The summed E-state index contributed by atoms with van der Waals surface area (Å²) in [7, 11) is -8.74. The maximum Gasteiger partial charge on any atom is 0.267 e. The minimum absolute atomic E-state index is 0.130. The summed E-state index contributed by atoms with van der Waals surface area (Å²) in [4.78, 5) is 29.0. The minimum atomic E-state index is -4.37. The van der Waals surface area contributed by atoms with E-state index in [1.807, 2.05) is 65.8 Å². The average molecular weight is 711 g/mol.